The second-order valence-electron chi connectivity index (χ2n) is 11.5. The molecule has 40 heavy (non-hydrogen) atoms. The summed E-state index contributed by atoms with van der Waals surface area (Å²) in [6.07, 6.45) is 2.42. The van der Waals surface area contributed by atoms with Gasteiger partial charge in [0.05, 0.1) is 23.1 Å². The van der Waals surface area contributed by atoms with Crippen LogP contribution in [0.25, 0.3) is 0 Å². The van der Waals surface area contributed by atoms with Crippen LogP contribution in [0.5, 0.6) is 0 Å². The van der Waals surface area contributed by atoms with Crippen LogP contribution in [0.15, 0.2) is 11.2 Å². The molecular weight excluding hydrogens is 556 g/mol. The van der Waals surface area contributed by atoms with E-state index in [0.717, 1.165) is 24.1 Å². The quantitative estimate of drug-likeness (QED) is 0.178. The highest BCUT2D eigenvalue weighted by Crippen LogP contribution is 2.46. The minimum absolute atomic E-state index is 0.0189. The zero-order chi connectivity index (χ0) is 29.0. The molecule has 0 saturated carbocycles. The van der Waals surface area contributed by atoms with E-state index in [0.29, 0.717) is 41.5 Å². The summed E-state index contributed by atoms with van der Waals surface area (Å²) in [6, 6.07) is 3.76. The highest BCUT2D eigenvalue weighted by atomic mass is 35.5. The van der Waals surface area contributed by atoms with Gasteiger partial charge in [0.15, 0.2) is 5.84 Å². The van der Waals surface area contributed by atoms with Crippen LogP contribution in [-0.4, -0.2) is 63.5 Å². The van der Waals surface area contributed by atoms with Crippen LogP contribution < -0.4 is 16.4 Å². The number of thiophene rings is 1. The third kappa shape index (κ3) is 5.01. The third-order valence-electron chi connectivity index (χ3n) is 7.54. The predicted octanol–water partition coefficient (Wildman–Crippen LogP) is 3.30. The van der Waals surface area contributed by atoms with Crippen molar-refractivity contribution in [1.29, 1.82) is 5.26 Å². The van der Waals surface area contributed by atoms with Crippen LogP contribution in [0, 0.1) is 11.3 Å². The number of amides is 1. The normalized spacial score (nSPS) is 24.1. The van der Waals surface area contributed by atoms with E-state index in [1.54, 1.807) is 17.9 Å². The first kappa shape index (κ1) is 27.9. The number of nitrogens with zero attached hydrogens (tertiary/aromatic N) is 6. The van der Waals surface area contributed by atoms with Crippen molar-refractivity contribution in [2.24, 2.45) is 10.9 Å². The maximum absolute atomic E-state index is 13.3. The molecule has 2 aliphatic heterocycles. The number of nitrogen functional groups attached to an aromatic ring is 1. The number of oxime groups is 1. The van der Waals surface area contributed by atoms with Crippen LogP contribution in [0.2, 0.25) is 5.28 Å². The van der Waals surface area contributed by atoms with Crippen LogP contribution >= 0.6 is 22.9 Å². The van der Waals surface area contributed by atoms with Gasteiger partial charge in [-0.25, -0.2) is 19.6 Å². The summed E-state index contributed by atoms with van der Waals surface area (Å²) in [4.78, 5) is 44.4. The molecule has 0 unspecified atom stereocenters. The second kappa shape index (κ2) is 10.1. The Kier molecular flexibility index (Phi) is 7.04. The average Bonchev–Trinajstić information content (AvgIpc) is 3.58. The molecule has 1 amide bonds. The van der Waals surface area contributed by atoms with Gasteiger partial charge in [0, 0.05) is 29.6 Å². The second-order valence-corrected chi connectivity index (χ2v) is 13.0. The van der Waals surface area contributed by atoms with Crippen molar-refractivity contribution < 1.29 is 19.2 Å². The SMILES string of the molecule is CC(C)(C)OC(=O)N1C[C@@H]2C[C@H]1CN2c1cc(/C(N)=N/OC(=O)[C@@]2(C)CCCc3sc(N)c(C#N)c32)nc(Cl)n1. The molecular formula is C26H31ClN8O4S. The van der Waals surface area contributed by atoms with Gasteiger partial charge in [-0.3, -0.25) is 0 Å². The van der Waals surface area contributed by atoms with Crippen molar-refractivity contribution >= 4 is 51.7 Å². The Morgan fingerprint density at radius 1 is 1.30 bits per heavy atom. The van der Waals surface area contributed by atoms with Crippen molar-refractivity contribution in [3.05, 3.63) is 33.0 Å². The van der Waals surface area contributed by atoms with E-state index < -0.39 is 17.0 Å². The van der Waals surface area contributed by atoms with Gasteiger partial charge in [0.1, 0.15) is 28.2 Å². The van der Waals surface area contributed by atoms with E-state index in [-0.39, 0.29) is 35.0 Å². The van der Waals surface area contributed by atoms with Gasteiger partial charge in [0.25, 0.3) is 0 Å². The number of likely N-dealkylation sites (tertiary alicyclic amines) is 1. The number of carbonyl (C=O) groups is 2. The van der Waals surface area contributed by atoms with E-state index in [4.69, 9.17) is 32.6 Å². The van der Waals surface area contributed by atoms with E-state index in [1.807, 2.05) is 20.8 Å². The number of nitriles is 1. The van der Waals surface area contributed by atoms with E-state index in [9.17, 15) is 14.9 Å². The number of piperazine rings is 1. The summed E-state index contributed by atoms with van der Waals surface area (Å²) < 4.78 is 5.54. The lowest BCUT2D eigenvalue weighted by Gasteiger charge is -2.35. The lowest BCUT2D eigenvalue weighted by atomic mass is 9.72. The Hall–Kier alpha value is -3.63. The molecule has 212 valence electrons. The Balaban J connectivity index is 1.31. The van der Waals surface area contributed by atoms with Gasteiger partial charge >= 0.3 is 12.1 Å². The highest BCUT2D eigenvalue weighted by Gasteiger charge is 2.47. The van der Waals surface area contributed by atoms with Crippen LogP contribution in [0.1, 0.15) is 68.7 Å². The van der Waals surface area contributed by atoms with E-state index >= 15 is 0 Å². The molecule has 1 aliphatic carbocycles. The molecule has 2 aromatic heterocycles. The number of hydrogen-bond acceptors (Lipinski definition) is 11. The van der Waals surface area contributed by atoms with Crippen LogP contribution in [0.4, 0.5) is 15.6 Å². The molecule has 2 bridgehead atoms. The summed E-state index contributed by atoms with van der Waals surface area (Å²) in [7, 11) is 0. The number of rotatable bonds is 4. The van der Waals surface area contributed by atoms with Crippen molar-refractivity contribution in [2.75, 3.05) is 23.7 Å². The first-order valence-electron chi connectivity index (χ1n) is 13.0. The van der Waals surface area contributed by atoms with E-state index in [1.165, 1.54) is 11.3 Å². The summed E-state index contributed by atoms with van der Waals surface area (Å²) in [5, 5.41) is 13.9. The van der Waals surface area contributed by atoms with Crippen molar-refractivity contribution in [3.8, 4) is 6.07 Å². The number of aromatic nitrogens is 2. The summed E-state index contributed by atoms with van der Waals surface area (Å²) in [5.41, 5.74) is 11.7. The molecule has 4 N–H and O–H groups in total. The fraction of sp³-hybridized carbons (Fsp3) is 0.538. The zero-order valence-corrected chi connectivity index (χ0v) is 24.3. The Bertz CT molecular complexity index is 1450. The number of hydrogen-bond donors (Lipinski definition) is 2. The lowest BCUT2D eigenvalue weighted by molar-refractivity contribution is -0.150. The number of anilines is 2. The van der Waals surface area contributed by atoms with Crippen LogP contribution in [0.3, 0.4) is 0 Å². The molecule has 0 radical (unpaired) electrons. The van der Waals surface area contributed by atoms with Gasteiger partial charge < -0.3 is 30.8 Å². The Morgan fingerprint density at radius 2 is 2.05 bits per heavy atom. The molecule has 4 heterocycles. The average molecular weight is 587 g/mol. The fourth-order valence-electron chi connectivity index (χ4n) is 5.71. The largest absolute Gasteiger partial charge is 0.444 e. The molecule has 3 aliphatic rings. The van der Waals surface area contributed by atoms with Crippen molar-refractivity contribution in [2.45, 2.75) is 76.5 Å². The first-order chi connectivity index (χ1) is 18.8. The first-order valence-corrected chi connectivity index (χ1v) is 14.2. The molecule has 0 aromatic carbocycles. The lowest BCUT2D eigenvalue weighted by Crippen LogP contribution is -2.50. The highest BCUT2D eigenvalue weighted by molar-refractivity contribution is 7.16. The number of nitrogens with two attached hydrogens (primary N) is 2. The smallest absolute Gasteiger partial charge is 0.410 e. The number of fused-ring (bicyclic) bond motifs is 3. The fourth-order valence-corrected chi connectivity index (χ4v) is 7.08. The monoisotopic (exact) mass is 586 g/mol. The standard InChI is InChI=1S/C26H31ClN8O4S/c1-25(2,3)38-24(37)35-12-13-8-14(35)11-34(13)18-9-16(31-23(27)32-18)20(29)33-39-22(36)26(4)7-5-6-17-19(26)15(10-28)21(30)40-17/h9,13-14H,5-8,11-12,30H2,1-4H3,(H2,29,33)/t13-,14-,26-/m0/s1. The molecule has 3 atom stereocenters. The predicted molar refractivity (Wildman–Crippen MR) is 150 cm³/mol. The molecule has 2 saturated heterocycles. The van der Waals surface area contributed by atoms with Crippen molar-refractivity contribution in [3.63, 3.8) is 0 Å². The molecule has 0 spiro atoms. The number of ether oxygens (including phenoxy) is 1. The minimum Gasteiger partial charge on any atom is -0.444 e. The van der Waals surface area contributed by atoms with Gasteiger partial charge in [-0.2, -0.15) is 5.26 Å². The molecule has 2 fully saturated rings. The van der Waals surface area contributed by atoms with Gasteiger partial charge in [0.2, 0.25) is 5.28 Å². The molecule has 12 nitrogen and oxygen atoms in total. The maximum Gasteiger partial charge on any atom is 0.410 e. The van der Waals surface area contributed by atoms with Gasteiger partial charge in [-0.05, 0) is 65.0 Å². The number of halogens is 1. The number of amidine groups is 1. The number of aryl methyl sites for hydroxylation is 1. The van der Waals surface area contributed by atoms with Crippen molar-refractivity contribution in [1.82, 2.24) is 14.9 Å². The summed E-state index contributed by atoms with van der Waals surface area (Å²) >= 11 is 7.56. The Morgan fingerprint density at radius 3 is 2.70 bits per heavy atom. The maximum atomic E-state index is 13.3. The van der Waals surface area contributed by atoms with Gasteiger partial charge in [-0.1, -0.05) is 5.16 Å². The van der Waals surface area contributed by atoms with Crippen LogP contribution in [-0.2, 0) is 26.2 Å². The summed E-state index contributed by atoms with van der Waals surface area (Å²) in [5.74, 6) is -0.249. The third-order valence-corrected chi connectivity index (χ3v) is 8.79. The molecule has 2 aromatic rings. The molecule has 14 heteroatoms. The zero-order valence-electron chi connectivity index (χ0n) is 22.7. The van der Waals surface area contributed by atoms with E-state index in [2.05, 4.69) is 26.1 Å². The molecule has 5 rings (SSSR count). The van der Waals surface area contributed by atoms with Gasteiger partial charge in [-0.15, -0.1) is 11.3 Å². The number of carbonyl (C=O) groups excluding carboxylic acids is 2. The topological polar surface area (TPSA) is 173 Å². The summed E-state index contributed by atoms with van der Waals surface area (Å²) in [6.45, 7) is 8.30. The Labute approximate surface area is 240 Å². The minimum atomic E-state index is -1.08.